The number of halogens is 1. The summed E-state index contributed by atoms with van der Waals surface area (Å²) in [5.41, 5.74) is -1.18. The van der Waals surface area contributed by atoms with Crippen molar-refractivity contribution < 1.29 is 22.3 Å². The molecule has 1 aromatic heterocycles. The molecule has 0 aliphatic heterocycles. The number of nitrogens with one attached hydrogen (secondary N) is 1. The van der Waals surface area contributed by atoms with Crippen molar-refractivity contribution in [1.82, 2.24) is 9.13 Å². The fourth-order valence-electron chi connectivity index (χ4n) is 3.60. The minimum Gasteiger partial charge on any atom is -0.497 e. The zero-order valence-electron chi connectivity index (χ0n) is 18.9. The van der Waals surface area contributed by atoms with Gasteiger partial charge in [-0.1, -0.05) is 0 Å². The van der Waals surface area contributed by atoms with E-state index in [-0.39, 0.29) is 32.1 Å². The molecule has 0 spiro atoms. The van der Waals surface area contributed by atoms with Crippen LogP contribution in [0.2, 0.25) is 0 Å². The second kappa shape index (κ2) is 8.84. The third-order valence-electron chi connectivity index (χ3n) is 5.61. The Morgan fingerprint density at radius 2 is 1.43 bits per heavy atom. The molecule has 0 aliphatic carbocycles. The van der Waals surface area contributed by atoms with Crippen molar-refractivity contribution in [2.45, 2.75) is 9.79 Å². The van der Waals surface area contributed by atoms with E-state index in [9.17, 15) is 27.2 Å². The highest BCUT2D eigenvalue weighted by Crippen LogP contribution is 2.32. The SMILES string of the molecule is COc1ccc(C(=O)Nc2cc3c(cc2S(=O)(=O)c2ccc(F)cc2)n(C)c(=O)c(=O)n3C)cc1. The summed E-state index contributed by atoms with van der Waals surface area (Å²) < 4.78 is 47.7. The number of rotatable bonds is 5. The summed E-state index contributed by atoms with van der Waals surface area (Å²) >= 11 is 0. The minimum atomic E-state index is -4.27. The van der Waals surface area contributed by atoms with Gasteiger partial charge in [-0.25, -0.2) is 12.8 Å². The molecule has 3 aromatic carbocycles. The number of benzene rings is 3. The quantitative estimate of drug-likeness (QED) is 0.335. The minimum absolute atomic E-state index is 0.115. The van der Waals surface area contributed by atoms with Gasteiger partial charge in [-0.2, -0.15) is 0 Å². The predicted octanol–water partition coefficient (Wildman–Crippen LogP) is 2.47. The van der Waals surface area contributed by atoms with Crippen LogP contribution in [0.5, 0.6) is 5.75 Å². The molecule has 1 N–H and O–H groups in total. The standard InChI is InChI=1S/C24H20FN3O6S/c1-27-19-12-18(26-22(29)14-4-8-16(34-3)9-5-14)21(13-20(19)28(2)24(31)23(27)30)35(32,33)17-10-6-15(25)7-11-17/h4-13H,1-3H3,(H,26,29). The van der Waals surface area contributed by atoms with E-state index >= 15 is 0 Å². The first-order valence-electron chi connectivity index (χ1n) is 10.2. The Morgan fingerprint density at radius 1 is 0.886 bits per heavy atom. The highest BCUT2D eigenvalue weighted by Gasteiger charge is 2.25. The first kappa shape index (κ1) is 23.9. The van der Waals surface area contributed by atoms with Crippen LogP contribution in [-0.4, -0.2) is 30.6 Å². The van der Waals surface area contributed by atoms with Crippen molar-refractivity contribution in [3.05, 3.63) is 92.8 Å². The van der Waals surface area contributed by atoms with Gasteiger partial charge in [-0.3, -0.25) is 14.4 Å². The first-order valence-corrected chi connectivity index (χ1v) is 11.7. The summed E-state index contributed by atoms with van der Waals surface area (Å²) in [4.78, 5) is 37.1. The van der Waals surface area contributed by atoms with Gasteiger partial charge < -0.3 is 19.2 Å². The molecule has 11 heteroatoms. The normalized spacial score (nSPS) is 11.4. The van der Waals surface area contributed by atoms with E-state index in [4.69, 9.17) is 4.74 Å². The fraction of sp³-hybridized carbons (Fsp3) is 0.125. The van der Waals surface area contributed by atoms with Gasteiger partial charge in [0.05, 0.1) is 33.6 Å². The maximum Gasteiger partial charge on any atom is 0.316 e. The lowest BCUT2D eigenvalue weighted by Gasteiger charge is -2.16. The van der Waals surface area contributed by atoms with E-state index in [1.807, 2.05) is 0 Å². The lowest BCUT2D eigenvalue weighted by molar-refractivity contribution is 0.102. The summed E-state index contributed by atoms with van der Waals surface area (Å²) in [6.45, 7) is 0. The van der Waals surface area contributed by atoms with Crippen LogP contribution >= 0.6 is 0 Å². The third kappa shape index (κ3) is 4.21. The number of methoxy groups -OCH3 is 1. The predicted molar refractivity (Wildman–Crippen MR) is 127 cm³/mol. The van der Waals surface area contributed by atoms with Crippen LogP contribution < -0.4 is 21.2 Å². The number of amides is 1. The van der Waals surface area contributed by atoms with Gasteiger partial charge in [0.1, 0.15) is 11.6 Å². The van der Waals surface area contributed by atoms with E-state index in [1.54, 1.807) is 12.1 Å². The maximum atomic E-state index is 13.5. The highest BCUT2D eigenvalue weighted by atomic mass is 32.2. The van der Waals surface area contributed by atoms with Gasteiger partial charge in [0.2, 0.25) is 9.84 Å². The Balaban J connectivity index is 1.96. The number of hydrogen-bond donors (Lipinski definition) is 1. The smallest absolute Gasteiger partial charge is 0.316 e. The molecule has 1 amide bonds. The molecule has 0 unspecified atom stereocenters. The van der Waals surface area contributed by atoms with Gasteiger partial charge in [0.15, 0.2) is 0 Å². The summed E-state index contributed by atoms with van der Waals surface area (Å²) in [6, 6.07) is 12.9. The second-order valence-electron chi connectivity index (χ2n) is 7.71. The van der Waals surface area contributed by atoms with Crippen LogP contribution in [0.15, 0.2) is 80.0 Å². The molecule has 0 aliphatic rings. The average molecular weight is 498 g/mol. The number of sulfone groups is 1. The number of aryl methyl sites for hydroxylation is 2. The molecule has 9 nitrogen and oxygen atoms in total. The number of hydrogen-bond acceptors (Lipinski definition) is 6. The van der Waals surface area contributed by atoms with Gasteiger partial charge in [0, 0.05) is 19.7 Å². The van der Waals surface area contributed by atoms with Crippen molar-refractivity contribution in [2.24, 2.45) is 14.1 Å². The van der Waals surface area contributed by atoms with Crippen LogP contribution in [0.1, 0.15) is 10.4 Å². The van der Waals surface area contributed by atoms with Crippen molar-refractivity contribution >= 4 is 32.5 Å². The van der Waals surface area contributed by atoms with E-state index in [0.717, 1.165) is 33.4 Å². The topological polar surface area (TPSA) is 116 Å². The molecule has 0 bridgehead atoms. The Kier molecular flexibility index (Phi) is 6.03. The van der Waals surface area contributed by atoms with Crippen LogP contribution in [-0.2, 0) is 23.9 Å². The van der Waals surface area contributed by atoms with Gasteiger partial charge in [-0.05, 0) is 60.7 Å². The Morgan fingerprint density at radius 3 is 1.97 bits per heavy atom. The number of aromatic nitrogens is 2. The number of fused-ring (bicyclic) bond motifs is 1. The summed E-state index contributed by atoms with van der Waals surface area (Å²) in [6.07, 6.45) is 0. The molecule has 0 radical (unpaired) electrons. The zero-order chi connectivity index (χ0) is 25.5. The molecular weight excluding hydrogens is 477 g/mol. The molecule has 4 rings (SSSR count). The molecule has 0 saturated carbocycles. The van der Waals surface area contributed by atoms with Crippen molar-refractivity contribution in [3.8, 4) is 5.75 Å². The van der Waals surface area contributed by atoms with Gasteiger partial charge >= 0.3 is 11.1 Å². The summed E-state index contributed by atoms with van der Waals surface area (Å²) in [5, 5.41) is 2.59. The van der Waals surface area contributed by atoms with Gasteiger partial charge in [0.25, 0.3) is 5.91 Å². The van der Waals surface area contributed by atoms with Gasteiger partial charge in [-0.15, -0.1) is 0 Å². The molecule has 0 atom stereocenters. The zero-order valence-corrected chi connectivity index (χ0v) is 19.7. The molecule has 35 heavy (non-hydrogen) atoms. The van der Waals surface area contributed by atoms with E-state index in [0.29, 0.717) is 5.75 Å². The monoisotopic (exact) mass is 497 g/mol. The van der Waals surface area contributed by atoms with Crippen LogP contribution in [0.25, 0.3) is 11.0 Å². The molecule has 180 valence electrons. The molecule has 4 aromatic rings. The maximum absolute atomic E-state index is 13.5. The Labute approximate surface area is 198 Å². The van der Waals surface area contributed by atoms with Crippen LogP contribution in [0.4, 0.5) is 10.1 Å². The summed E-state index contributed by atoms with van der Waals surface area (Å²) in [7, 11) is -0.0790. The number of nitrogens with zero attached hydrogens (tertiary/aromatic N) is 2. The third-order valence-corrected chi connectivity index (χ3v) is 7.42. The number of anilines is 1. The molecule has 0 saturated heterocycles. The lowest BCUT2D eigenvalue weighted by Crippen LogP contribution is -2.39. The van der Waals surface area contributed by atoms with Crippen molar-refractivity contribution in [2.75, 3.05) is 12.4 Å². The lowest BCUT2D eigenvalue weighted by atomic mass is 10.2. The van der Waals surface area contributed by atoms with E-state index < -0.39 is 32.7 Å². The molecule has 0 fully saturated rings. The fourth-order valence-corrected chi connectivity index (χ4v) is 5.01. The van der Waals surface area contributed by atoms with Crippen molar-refractivity contribution in [1.29, 1.82) is 0 Å². The Bertz CT molecular complexity index is 1690. The molecular formula is C24H20FN3O6S. The van der Waals surface area contributed by atoms with Crippen molar-refractivity contribution in [3.63, 3.8) is 0 Å². The average Bonchev–Trinajstić information content (AvgIpc) is 2.86. The largest absolute Gasteiger partial charge is 0.497 e. The van der Waals surface area contributed by atoms with E-state index in [1.165, 1.54) is 45.5 Å². The van der Waals surface area contributed by atoms with E-state index in [2.05, 4.69) is 5.32 Å². The van der Waals surface area contributed by atoms with Crippen LogP contribution in [0.3, 0.4) is 0 Å². The number of carbonyl (C=O) groups is 1. The number of carbonyl (C=O) groups excluding carboxylic acids is 1. The Hall–Kier alpha value is -4.25. The highest BCUT2D eigenvalue weighted by molar-refractivity contribution is 7.91. The first-order chi connectivity index (χ1) is 16.5. The molecule has 1 heterocycles. The number of ether oxygens (including phenoxy) is 1. The summed E-state index contributed by atoms with van der Waals surface area (Å²) in [5.74, 6) is -0.701. The second-order valence-corrected chi connectivity index (χ2v) is 9.62. The van der Waals surface area contributed by atoms with Crippen LogP contribution in [0, 0.1) is 5.82 Å².